The van der Waals surface area contributed by atoms with E-state index < -0.39 is 0 Å². The van der Waals surface area contributed by atoms with Crippen LogP contribution in [0, 0.1) is 0 Å². The van der Waals surface area contributed by atoms with Gasteiger partial charge in [-0.25, -0.2) is 9.67 Å². The zero-order valence-electron chi connectivity index (χ0n) is 13.1. The maximum atomic E-state index is 5.47. The molecular weight excluding hydrogens is 290 g/mol. The second-order valence-electron chi connectivity index (χ2n) is 5.79. The van der Waals surface area contributed by atoms with Crippen LogP contribution in [0.15, 0.2) is 42.9 Å². The van der Waals surface area contributed by atoms with Gasteiger partial charge in [-0.15, -0.1) is 5.10 Å². The van der Waals surface area contributed by atoms with Crippen molar-refractivity contribution in [2.75, 3.05) is 25.1 Å². The highest BCUT2D eigenvalue weighted by molar-refractivity contribution is 5.96. The van der Waals surface area contributed by atoms with Crippen molar-refractivity contribution in [2.45, 2.75) is 18.9 Å². The number of ether oxygens (including phenoxy) is 1. The number of anilines is 1. The van der Waals surface area contributed by atoms with Crippen LogP contribution in [0.1, 0.15) is 18.9 Å². The van der Waals surface area contributed by atoms with Crippen molar-refractivity contribution in [3.8, 4) is 5.75 Å². The summed E-state index contributed by atoms with van der Waals surface area (Å²) in [6, 6.07) is 8.57. The number of hydrogen-bond acceptors (Lipinski definition) is 5. The highest BCUT2D eigenvalue weighted by Gasteiger charge is 2.23. The van der Waals surface area contributed by atoms with Crippen LogP contribution in [0.5, 0.6) is 5.75 Å². The van der Waals surface area contributed by atoms with E-state index in [0.29, 0.717) is 6.04 Å². The van der Waals surface area contributed by atoms with Crippen LogP contribution in [-0.2, 0) is 0 Å². The molecule has 4 rings (SSSR count). The Kier molecular flexibility index (Phi) is 3.57. The largest absolute Gasteiger partial charge is 0.496 e. The molecule has 0 bridgehead atoms. The predicted octanol–water partition coefficient (Wildman–Crippen LogP) is 2.68. The van der Waals surface area contributed by atoms with Crippen LogP contribution in [0.25, 0.3) is 10.8 Å². The molecule has 118 valence electrons. The summed E-state index contributed by atoms with van der Waals surface area (Å²) in [6.45, 7) is 1.93. The minimum Gasteiger partial charge on any atom is -0.496 e. The van der Waals surface area contributed by atoms with Crippen molar-refractivity contribution in [1.82, 2.24) is 20.0 Å². The summed E-state index contributed by atoms with van der Waals surface area (Å²) in [5.74, 6) is 1.93. The van der Waals surface area contributed by atoms with E-state index in [2.05, 4.69) is 26.3 Å². The molecule has 0 amide bonds. The topological polar surface area (TPSA) is 56.1 Å². The molecule has 1 saturated heterocycles. The maximum absolute atomic E-state index is 5.47. The number of benzene rings is 1. The lowest BCUT2D eigenvalue weighted by molar-refractivity contribution is 0.359. The van der Waals surface area contributed by atoms with Crippen molar-refractivity contribution in [3.05, 3.63) is 42.9 Å². The molecule has 0 N–H and O–H groups in total. The Labute approximate surface area is 134 Å². The number of hydrogen-bond donors (Lipinski definition) is 0. The zero-order chi connectivity index (χ0) is 15.6. The summed E-state index contributed by atoms with van der Waals surface area (Å²) < 4.78 is 7.44. The van der Waals surface area contributed by atoms with Crippen molar-refractivity contribution >= 4 is 16.6 Å². The van der Waals surface area contributed by atoms with Crippen molar-refractivity contribution in [1.29, 1.82) is 0 Å². The van der Waals surface area contributed by atoms with Gasteiger partial charge in [0.2, 0.25) is 0 Å². The highest BCUT2D eigenvalue weighted by Crippen LogP contribution is 2.33. The minimum atomic E-state index is 0.429. The molecular formula is C17H19N5O. The average Bonchev–Trinajstić information content (AvgIpc) is 3.15. The molecule has 1 fully saturated rings. The molecule has 23 heavy (non-hydrogen) atoms. The molecule has 6 nitrogen and oxygen atoms in total. The maximum Gasteiger partial charge on any atom is 0.136 e. The molecule has 0 spiro atoms. The minimum absolute atomic E-state index is 0.429. The number of piperidine rings is 1. The molecule has 0 radical (unpaired) electrons. The van der Waals surface area contributed by atoms with Gasteiger partial charge in [-0.3, -0.25) is 0 Å². The predicted molar refractivity (Wildman–Crippen MR) is 88.8 cm³/mol. The van der Waals surface area contributed by atoms with Gasteiger partial charge in [0.05, 0.1) is 19.3 Å². The Morgan fingerprint density at radius 1 is 1.09 bits per heavy atom. The van der Waals surface area contributed by atoms with Crippen LogP contribution in [0.3, 0.4) is 0 Å². The first-order valence-corrected chi connectivity index (χ1v) is 7.89. The van der Waals surface area contributed by atoms with Crippen molar-refractivity contribution in [2.24, 2.45) is 0 Å². The van der Waals surface area contributed by atoms with Crippen LogP contribution >= 0.6 is 0 Å². The molecule has 0 atom stereocenters. The normalized spacial score (nSPS) is 16.0. The van der Waals surface area contributed by atoms with E-state index in [0.717, 1.165) is 48.3 Å². The van der Waals surface area contributed by atoms with Gasteiger partial charge >= 0.3 is 0 Å². The fraction of sp³-hybridized carbons (Fsp3) is 0.353. The van der Waals surface area contributed by atoms with Crippen molar-refractivity contribution < 1.29 is 4.74 Å². The Balaban J connectivity index is 1.61. The summed E-state index contributed by atoms with van der Waals surface area (Å²) in [4.78, 5) is 6.99. The first kappa shape index (κ1) is 14.0. The molecule has 0 saturated carbocycles. The first-order valence-electron chi connectivity index (χ1n) is 7.89. The Morgan fingerprint density at radius 3 is 2.70 bits per heavy atom. The quantitative estimate of drug-likeness (QED) is 0.744. The van der Waals surface area contributed by atoms with Crippen LogP contribution < -0.4 is 9.64 Å². The number of rotatable bonds is 3. The summed E-state index contributed by atoms with van der Waals surface area (Å²) in [5, 5.41) is 10.3. The Morgan fingerprint density at radius 2 is 1.96 bits per heavy atom. The van der Waals surface area contributed by atoms with Gasteiger partial charge in [0.25, 0.3) is 0 Å². The molecule has 1 aromatic carbocycles. The third-order valence-corrected chi connectivity index (χ3v) is 4.54. The van der Waals surface area contributed by atoms with Gasteiger partial charge < -0.3 is 9.64 Å². The van der Waals surface area contributed by atoms with Gasteiger partial charge in [0.1, 0.15) is 11.6 Å². The summed E-state index contributed by atoms with van der Waals surface area (Å²) in [5.41, 5.74) is 0. The van der Waals surface area contributed by atoms with Gasteiger partial charge in [-0.1, -0.05) is 17.3 Å². The van der Waals surface area contributed by atoms with Crippen molar-refractivity contribution in [3.63, 3.8) is 0 Å². The lowest BCUT2D eigenvalue weighted by Crippen LogP contribution is -2.35. The monoisotopic (exact) mass is 309 g/mol. The SMILES string of the molecule is COc1cccc2c(N3CCC(n4ccnn4)CC3)nccc12. The lowest BCUT2D eigenvalue weighted by Gasteiger charge is -2.33. The number of aromatic nitrogens is 4. The van der Waals surface area contributed by atoms with E-state index in [-0.39, 0.29) is 0 Å². The molecule has 6 heteroatoms. The molecule has 2 aromatic heterocycles. The number of nitrogens with zero attached hydrogens (tertiary/aromatic N) is 5. The van der Waals surface area contributed by atoms with Gasteiger partial charge in [-0.2, -0.15) is 0 Å². The van der Waals surface area contributed by atoms with Crippen LogP contribution in [0.4, 0.5) is 5.82 Å². The standard InChI is InChI=1S/C17H19N5O/c1-23-16-4-2-3-15-14(16)5-8-18-17(15)21-10-6-13(7-11-21)22-12-9-19-20-22/h2-5,8-9,12-13H,6-7,10-11H2,1H3. The Hall–Kier alpha value is -2.63. The van der Waals surface area contributed by atoms with Crippen LogP contribution in [-0.4, -0.2) is 40.2 Å². The molecule has 3 heterocycles. The number of pyridine rings is 1. The van der Waals surface area contributed by atoms with Gasteiger partial charge in [0.15, 0.2) is 0 Å². The molecule has 0 unspecified atom stereocenters. The summed E-state index contributed by atoms with van der Waals surface area (Å²) in [6.07, 6.45) is 7.65. The van der Waals surface area contributed by atoms with Gasteiger partial charge in [0, 0.05) is 36.3 Å². The Bertz CT molecular complexity index is 794. The first-order chi connectivity index (χ1) is 11.4. The molecule has 1 aliphatic heterocycles. The van der Waals surface area contributed by atoms with E-state index in [1.807, 2.05) is 35.3 Å². The fourth-order valence-electron chi connectivity index (χ4n) is 3.35. The third kappa shape index (κ3) is 2.50. The second-order valence-corrected chi connectivity index (χ2v) is 5.79. The summed E-state index contributed by atoms with van der Waals surface area (Å²) >= 11 is 0. The van der Waals surface area contributed by atoms with Crippen LogP contribution in [0.2, 0.25) is 0 Å². The smallest absolute Gasteiger partial charge is 0.136 e. The van der Waals surface area contributed by atoms with E-state index in [1.165, 1.54) is 0 Å². The van der Waals surface area contributed by atoms with E-state index in [1.54, 1.807) is 13.3 Å². The van der Waals surface area contributed by atoms with Gasteiger partial charge in [-0.05, 0) is 25.0 Å². The van der Waals surface area contributed by atoms with E-state index >= 15 is 0 Å². The zero-order valence-corrected chi connectivity index (χ0v) is 13.1. The van der Waals surface area contributed by atoms with E-state index in [4.69, 9.17) is 4.74 Å². The average molecular weight is 309 g/mol. The van der Waals surface area contributed by atoms with E-state index in [9.17, 15) is 0 Å². The number of fused-ring (bicyclic) bond motifs is 1. The fourth-order valence-corrected chi connectivity index (χ4v) is 3.35. The molecule has 0 aliphatic carbocycles. The second kappa shape index (κ2) is 5.87. The molecule has 1 aliphatic rings. The third-order valence-electron chi connectivity index (χ3n) is 4.54. The highest BCUT2D eigenvalue weighted by atomic mass is 16.5. The lowest BCUT2D eigenvalue weighted by atomic mass is 10.0. The summed E-state index contributed by atoms with van der Waals surface area (Å²) in [7, 11) is 1.71. The molecule has 3 aromatic rings. The number of methoxy groups -OCH3 is 1.